The highest BCUT2D eigenvalue weighted by atomic mass is 16.2. The number of Topliss-reactive ketones (excluding diaryl/α,β-unsaturated/α-hetero) is 1. The molecule has 6 nitrogen and oxygen atoms in total. The summed E-state index contributed by atoms with van der Waals surface area (Å²) in [6, 6.07) is 6.38. The first-order valence-corrected chi connectivity index (χ1v) is 17.2. The van der Waals surface area contributed by atoms with Crippen molar-refractivity contribution in [2.45, 2.75) is 139 Å². The molecule has 2 fully saturated rings. The van der Waals surface area contributed by atoms with Crippen molar-refractivity contribution in [3.05, 3.63) is 59.3 Å². The molecule has 1 aromatic rings. The summed E-state index contributed by atoms with van der Waals surface area (Å²) in [5, 5.41) is 0. The van der Waals surface area contributed by atoms with Gasteiger partial charge in [0.15, 0.2) is 5.78 Å². The Balaban J connectivity index is -0.000000572. The summed E-state index contributed by atoms with van der Waals surface area (Å²) >= 11 is 0. The van der Waals surface area contributed by atoms with E-state index in [-0.39, 0.29) is 18.2 Å². The number of ketones is 1. The fourth-order valence-electron chi connectivity index (χ4n) is 4.46. The minimum absolute atomic E-state index is 0.0307. The van der Waals surface area contributed by atoms with Gasteiger partial charge in [-0.25, -0.2) is 0 Å². The van der Waals surface area contributed by atoms with Crippen LogP contribution in [-0.2, 0) is 14.4 Å². The summed E-state index contributed by atoms with van der Waals surface area (Å²) in [5.74, 6) is 0.921. The second-order valence-corrected chi connectivity index (χ2v) is 11.7. The lowest BCUT2D eigenvalue weighted by atomic mass is 10.0. The van der Waals surface area contributed by atoms with E-state index < -0.39 is 0 Å². The fraction of sp³-hybridized carbons (Fsp3) is 0.641. The molecule has 1 aromatic carbocycles. The Morgan fingerprint density at radius 1 is 0.889 bits per heavy atom. The fourth-order valence-corrected chi connectivity index (χ4v) is 4.46. The van der Waals surface area contributed by atoms with Crippen LogP contribution in [0.1, 0.15) is 135 Å². The summed E-state index contributed by atoms with van der Waals surface area (Å²) in [5.41, 5.74) is 12.2. The van der Waals surface area contributed by atoms with Crippen molar-refractivity contribution < 1.29 is 14.4 Å². The second kappa shape index (κ2) is 31.0. The average molecular weight is 628 g/mol. The van der Waals surface area contributed by atoms with Gasteiger partial charge in [-0.2, -0.15) is 0 Å². The zero-order valence-corrected chi connectivity index (χ0v) is 30.7. The molecule has 1 saturated carbocycles. The van der Waals surface area contributed by atoms with Gasteiger partial charge in [0, 0.05) is 24.4 Å². The molecule has 2 aliphatic rings. The number of rotatable bonds is 9. The van der Waals surface area contributed by atoms with Crippen LogP contribution < -0.4 is 5.73 Å². The minimum Gasteiger partial charge on any atom is -0.394 e. The van der Waals surface area contributed by atoms with Crippen LogP contribution in [0.2, 0.25) is 0 Å². The van der Waals surface area contributed by atoms with E-state index in [0.29, 0.717) is 5.70 Å². The van der Waals surface area contributed by atoms with Crippen LogP contribution in [-0.4, -0.2) is 48.7 Å². The highest BCUT2D eigenvalue weighted by Gasteiger charge is 2.26. The average Bonchev–Trinajstić information content (AvgIpc) is 3.78. The highest BCUT2D eigenvalue weighted by Crippen LogP contribution is 2.25. The first-order valence-electron chi connectivity index (χ1n) is 17.2. The lowest BCUT2D eigenvalue weighted by molar-refractivity contribution is -0.126. The molecule has 1 heterocycles. The Bertz CT molecular complexity index is 953. The van der Waals surface area contributed by atoms with Crippen LogP contribution in [0, 0.1) is 26.7 Å². The number of carbonyl (C=O) groups is 3. The number of allylic oxidation sites excluding steroid dienone is 1. The molecule has 6 heteroatoms. The van der Waals surface area contributed by atoms with Crippen LogP contribution in [0.25, 0.3) is 0 Å². The third kappa shape index (κ3) is 22.2. The normalized spacial score (nSPS) is 15.7. The van der Waals surface area contributed by atoms with Crippen molar-refractivity contribution in [1.82, 2.24) is 4.90 Å². The van der Waals surface area contributed by atoms with E-state index in [1.54, 1.807) is 0 Å². The highest BCUT2D eigenvalue weighted by molar-refractivity contribution is 6.09. The molecule has 1 unspecified atom stereocenters. The Kier molecular flexibility index (Phi) is 31.9. The van der Waals surface area contributed by atoms with Gasteiger partial charge in [-0.15, -0.1) is 13.2 Å². The molecular weight excluding hydrogens is 558 g/mol. The lowest BCUT2D eigenvalue weighted by Gasteiger charge is -2.16. The smallest absolute Gasteiger partial charge is 0.270 e. The largest absolute Gasteiger partial charge is 0.394 e. The molecule has 45 heavy (non-hydrogen) atoms. The van der Waals surface area contributed by atoms with Crippen LogP contribution in [0.4, 0.5) is 0 Å². The Labute approximate surface area is 278 Å². The minimum atomic E-state index is -0.0649. The number of unbranched alkanes of at least 4 members (excludes halogenated alkanes) is 3. The summed E-state index contributed by atoms with van der Waals surface area (Å²) < 4.78 is 0. The van der Waals surface area contributed by atoms with Gasteiger partial charge >= 0.3 is 0 Å². The predicted molar refractivity (Wildman–Crippen MR) is 197 cm³/mol. The van der Waals surface area contributed by atoms with Gasteiger partial charge in [-0.1, -0.05) is 97.8 Å². The Hall–Kier alpha value is -3.02. The molecule has 1 aliphatic carbocycles. The van der Waals surface area contributed by atoms with E-state index in [4.69, 9.17) is 10.5 Å². The third-order valence-corrected chi connectivity index (χ3v) is 8.00. The summed E-state index contributed by atoms with van der Waals surface area (Å²) in [7, 11) is 0. The lowest BCUT2D eigenvalue weighted by Crippen LogP contribution is -2.33. The monoisotopic (exact) mass is 628 g/mol. The maximum Gasteiger partial charge on any atom is 0.270 e. The number of likely N-dealkylation sites (tertiary alicyclic amines) is 1. The molecule has 1 atom stereocenters. The maximum atomic E-state index is 12.2. The SMILES string of the molecule is C=C.C=O.CC(=O)CN=C1CCC/C1=C(/N)C(=O)N1CCCC1.CCCC.CCCCCC(C)CC.Cc1cccc(C)c1C. The van der Waals surface area contributed by atoms with Crippen molar-refractivity contribution in [1.29, 1.82) is 0 Å². The first kappa shape index (κ1) is 46.4. The first-order chi connectivity index (χ1) is 21.5. The van der Waals surface area contributed by atoms with Gasteiger partial charge in [0.1, 0.15) is 12.5 Å². The Morgan fingerprint density at radius 3 is 1.84 bits per heavy atom. The van der Waals surface area contributed by atoms with Crippen LogP contribution in [0.3, 0.4) is 0 Å². The third-order valence-electron chi connectivity index (χ3n) is 8.00. The molecule has 1 amide bonds. The zero-order chi connectivity index (χ0) is 35.2. The predicted octanol–water partition coefficient (Wildman–Crippen LogP) is 9.68. The summed E-state index contributed by atoms with van der Waals surface area (Å²) in [4.78, 5) is 37.3. The number of aryl methyl sites for hydroxylation is 2. The molecule has 0 spiro atoms. The van der Waals surface area contributed by atoms with E-state index >= 15 is 0 Å². The number of hydrogen-bond donors (Lipinski definition) is 1. The van der Waals surface area contributed by atoms with Gasteiger partial charge in [-0.3, -0.25) is 14.6 Å². The van der Waals surface area contributed by atoms with E-state index in [2.05, 4.69) is 91.7 Å². The van der Waals surface area contributed by atoms with Crippen molar-refractivity contribution in [3.63, 3.8) is 0 Å². The standard InChI is InChI=1S/C14H21N3O2.C9H12.C9H20.C4H10.C2H4.CH2O/c1-10(18)9-16-12-6-4-5-11(12)13(15)14(19)17-7-2-3-8-17;1-7-5-4-6-8(2)9(7)3;1-4-6-7-8-9(3)5-2;1-3-4-2;2*1-2/h2-9,15H2,1H3;4-6H,1-3H3;9H,4-8H2,1-3H3;3-4H2,1-2H3;1-2H2;1H2/b13-11-,16-12?;;;;;. The van der Waals surface area contributed by atoms with Crippen molar-refractivity contribution >= 4 is 24.2 Å². The van der Waals surface area contributed by atoms with Crippen molar-refractivity contribution in [2.75, 3.05) is 19.6 Å². The number of benzene rings is 1. The molecule has 0 bridgehead atoms. The number of hydrogen-bond acceptors (Lipinski definition) is 5. The van der Waals surface area contributed by atoms with E-state index in [1.807, 2.05) is 11.7 Å². The molecule has 3 rings (SSSR count). The number of aliphatic imine (C=N–C) groups is 1. The molecule has 0 radical (unpaired) electrons. The molecular formula is C39H69N3O3. The van der Waals surface area contributed by atoms with Gasteiger partial charge < -0.3 is 15.4 Å². The number of carbonyl (C=O) groups excluding carboxylic acids is 3. The topological polar surface area (TPSA) is 92.8 Å². The van der Waals surface area contributed by atoms with Gasteiger partial charge in [-0.05, 0) is 82.4 Å². The number of nitrogens with zero attached hydrogens (tertiary/aromatic N) is 2. The molecule has 0 aromatic heterocycles. The molecule has 2 N–H and O–H groups in total. The van der Waals surface area contributed by atoms with Gasteiger partial charge in [0.25, 0.3) is 5.91 Å². The molecule has 258 valence electrons. The van der Waals surface area contributed by atoms with Gasteiger partial charge in [0.05, 0.1) is 6.54 Å². The maximum absolute atomic E-state index is 12.2. The number of amides is 1. The van der Waals surface area contributed by atoms with Crippen LogP contribution in [0.15, 0.2) is 47.6 Å². The number of nitrogens with two attached hydrogens (primary N) is 1. The van der Waals surface area contributed by atoms with Crippen molar-refractivity contribution in [2.24, 2.45) is 16.6 Å². The second-order valence-electron chi connectivity index (χ2n) is 11.7. The summed E-state index contributed by atoms with van der Waals surface area (Å²) in [6.45, 7) is 29.0. The van der Waals surface area contributed by atoms with E-state index in [1.165, 1.54) is 68.6 Å². The van der Waals surface area contributed by atoms with E-state index in [0.717, 1.165) is 62.4 Å². The van der Waals surface area contributed by atoms with E-state index in [9.17, 15) is 9.59 Å². The Morgan fingerprint density at radius 2 is 1.42 bits per heavy atom. The molecule has 1 saturated heterocycles. The van der Waals surface area contributed by atoms with Gasteiger partial charge in [0.2, 0.25) is 0 Å². The van der Waals surface area contributed by atoms with Crippen LogP contribution in [0.5, 0.6) is 0 Å². The quantitative estimate of drug-likeness (QED) is 0.168. The zero-order valence-electron chi connectivity index (χ0n) is 30.7. The summed E-state index contributed by atoms with van der Waals surface area (Å²) in [6.07, 6.45) is 14.3. The van der Waals surface area contributed by atoms with Crippen molar-refractivity contribution in [3.8, 4) is 0 Å². The van der Waals surface area contributed by atoms with Crippen LogP contribution >= 0.6 is 0 Å². The molecule has 1 aliphatic heterocycles.